The highest BCUT2D eigenvalue weighted by Crippen LogP contribution is 2.39. The van der Waals surface area contributed by atoms with E-state index in [-0.39, 0.29) is 11.6 Å². The molecule has 0 amide bonds. The SMILES string of the molecule is CCC1(C)C[C@@H](N)c2ccccc2O1. The Kier molecular flexibility index (Phi) is 2.23. The molecule has 14 heavy (non-hydrogen) atoms. The molecule has 1 aliphatic heterocycles. The van der Waals surface area contributed by atoms with Crippen LogP contribution in [0.1, 0.15) is 38.3 Å². The summed E-state index contributed by atoms with van der Waals surface area (Å²) in [5.41, 5.74) is 7.17. The van der Waals surface area contributed by atoms with Crippen LogP contribution in [0.4, 0.5) is 0 Å². The van der Waals surface area contributed by atoms with Gasteiger partial charge in [-0.25, -0.2) is 0 Å². The van der Waals surface area contributed by atoms with E-state index in [2.05, 4.69) is 19.9 Å². The Bertz CT molecular complexity index is 337. The lowest BCUT2D eigenvalue weighted by molar-refractivity contribution is 0.0503. The van der Waals surface area contributed by atoms with E-state index in [1.807, 2.05) is 18.2 Å². The molecule has 1 heterocycles. The summed E-state index contributed by atoms with van der Waals surface area (Å²) in [6.07, 6.45) is 1.90. The highest BCUT2D eigenvalue weighted by atomic mass is 16.5. The molecule has 1 unspecified atom stereocenters. The monoisotopic (exact) mass is 191 g/mol. The first-order valence-electron chi connectivity index (χ1n) is 5.18. The van der Waals surface area contributed by atoms with Crippen molar-refractivity contribution in [2.75, 3.05) is 0 Å². The molecular weight excluding hydrogens is 174 g/mol. The number of benzene rings is 1. The maximum absolute atomic E-state index is 6.12. The third-order valence-electron chi connectivity index (χ3n) is 3.07. The van der Waals surface area contributed by atoms with Gasteiger partial charge in [0.2, 0.25) is 0 Å². The molecule has 0 aromatic heterocycles. The Morgan fingerprint density at radius 1 is 1.50 bits per heavy atom. The van der Waals surface area contributed by atoms with Crippen LogP contribution in [-0.4, -0.2) is 5.60 Å². The average molecular weight is 191 g/mol. The number of nitrogens with two attached hydrogens (primary N) is 1. The fourth-order valence-corrected chi connectivity index (χ4v) is 1.98. The average Bonchev–Trinajstić information content (AvgIpc) is 2.18. The van der Waals surface area contributed by atoms with Crippen molar-refractivity contribution in [3.63, 3.8) is 0 Å². The lowest BCUT2D eigenvalue weighted by atomic mass is 9.87. The summed E-state index contributed by atoms with van der Waals surface area (Å²) < 4.78 is 5.96. The molecule has 2 atom stereocenters. The second-order valence-electron chi connectivity index (χ2n) is 4.25. The van der Waals surface area contributed by atoms with Crippen LogP contribution in [0, 0.1) is 0 Å². The summed E-state index contributed by atoms with van der Waals surface area (Å²) in [6, 6.07) is 8.17. The largest absolute Gasteiger partial charge is 0.487 e. The summed E-state index contributed by atoms with van der Waals surface area (Å²) in [5.74, 6) is 0.954. The number of fused-ring (bicyclic) bond motifs is 1. The zero-order valence-corrected chi connectivity index (χ0v) is 8.79. The van der Waals surface area contributed by atoms with E-state index in [4.69, 9.17) is 10.5 Å². The molecule has 0 bridgehead atoms. The van der Waals surface area contributed by atoms with Crippen LogP contribution in [-0.2, 0) is 0 Å². The van der Waals surface area contributed by atoms with Crippen LogP contribution in [0.5, 0.6) is 5.75 Å². The first-order valence-corrected chi connectivity index (χ1v) is 5.18. The van der Waals surface area contributed by atoms with Crippen LogP contribution >= 0.6 is 0 Å². The van der Waals surface area contributed by atoms with Gasteiger partial charge in [0.1, 0.15) is 11.4 Å². The molecule has 0 radical (unpaired) electrons. The van der Waals surface area contributed by atoms with Gasteiger partial charge >= 0.3 is 0 Å². The molecule has 2 N–H and O–H groups in total. The third kappa shape index (κ3) is 1.50. The Morgan fingerprint density at radius 2 is 2.21 bits per heavy atom. The molecule has 1 aliphatic rings. The van der Waals surface area contributed by atoms with Crippen LogP contribution < -0.4 is 10.5 Å². The maximum atomic E-state index is 6.12. The second kappa shape index (κ2) is 3.28. The van der Waals surface area contributed by atoms with Gasteiger partial charge in [0, 0.05) is 18.0 Å². The summed E-state index contributed by atoms with van der Waals surface area (Å²) in [7, 11) is 0. The van der Waals surface area contributed by atoms with Gasteiger partial charge in [-0.2, -0.15) is 0 Å². The molecule has 2 heteroatoms. The first kappa shape index (κ1) is 9.53. The van der Waals surface area contributed by atoms with Crippen molar-refractivity contribution in [2.45, 2.75) is 38.3 Å². The van der Waals surface area contributed by atoms with E-state index in [1.54, 1.807) is 0 Å². The summed E-state index contributed by atoms with van der Waals surface area (Å²) in [4.78, 5) is 0. The summed E-state index contributed by atoms with van der Waals surface area (Å²) in [5, 5.41) is 0. The van der Waals surface area contributed by atoms with Gasteiger partial charge in [0.05, 0.1) is 0 Å². The Labute approximate surface area is 85.1 Å². The Balaban J connectivity index is 2.38. The summed E-state index contributed by atoms with van der Waals surface area (Å²) >= 11 is 0. The van der Waals surface area contributed by atoms with Crippen molar-refractivity contribution in [1.82, 2.24) is 0 Å². The Morgan fingerprint density at radius 3 is 2.93 bits per heavy atom. The molecule has 1 aromatic rings. The minimum atomic E-state index is -0.0895. The van der Waals surface area contributed by atoms with Crippen molar-refractivity contribution in [3.8, 4) is 5.75 Å². The van der Waals surface area contributed by atoms with Gasteiger partial charge in [-0.05, 0) is 19.4 Å². The van der Waals surface area contributed by atoms with Crippen molar-refractivity contribution in [3.05, 3.63) is 29.8 Å². The number of hydrogen-bond donors (Lipinski definition) is 1. The van der Waals surface area contributed by atoms with E-state index in [0.29, 0.717) is 0 Å². The topological polar surface area (TPSA) is 35.2 Å². The first-order chi connectivity index (χ1) is 6.64. The minimum Gasteiger partial charge on any atom is -0.487 e. The molecule has 0 fully saturated rings. The van der Waals surface area contributed by atoms with E-state index in [1.165, 1.54) is 0 Å². The van der Waals surface area contributed by atoms with E-state index < -0.39 is 0 Å². The van der Waals surface area contributed by atoms with E-state index >= 15 is 0 Å². The number of ether oxygens (including phenoxy) is 1. The van der Waals surface area contributed by atoms with Crippen LogP contribution in [0.25, 0.3) is 0 Å². The standard InChI is InChI=1S/C12H17NO/c1-3-12(2)8-10(13)9-6-4-5-7-11(9)14-12/h4-7,10H,3,8,13H2,1-2H3/t10-,12?/m1/s1. The highest BCUT2D eigenvalue weighted by Gasteiger charge is 2.33. The van der Waals surface area contributed by atoms with Gasteiger partial charge in [-0.3, -0.25) is 0 Å². The van der Waals surface area contributed by atoms with Crippen LogP contribution in [0.15, 0.2) is 24.3 Å². The van der Waals surface area contributed by atoms with Crippen molar-refractivity contribution in [1.29, 1.82) is 0 Å². The quantitative estimate of drug-likeness (QED) is 0.740. The third-order valence-corrected chi connectivity index (χ3v) is 3.07. The highest BCUT2D eigenvalue weighted by molar-refractivity contribution is 5.38. The molecule has 2 rings (SSSR count). The number of rotatable bonds is 1. The van der Waals surface area contributed by atoms with Crippen LogP contribution in [0.3, 0.4) is 0 Å². The molecule has 0 saturated carbocycles. The molecular formula is C12H17NO. The second-order valence-corrected chi connectivity index (χ2v) is 4.25. The molecule has 0 aliphatic carbocycles. The predicted molar refractivity (Wildman–Crippen MR) is 57.3 cm³/mol. The van der Waals surface area contributed by atoms with Crippen LogP contribution in [0.2, 0.25) is 0 Å². The number of hydrogen-bond acceptors (Lipinski definition) is 2. The smallest absolute Gasteiger partial charge is 0.124 e. The lowest BCUT2D eigenvalue weighted by Crippen LogP contribution is -2.39. The molecule has 0 saturated heterocycles. The van der Waals surface area contributed by atoms with Gasteiger partial charge < -0.3 is 10.5 Å². The summed E-state index contributed by atoms with van der Waals surface area (Å²) in [6.45, 7) is 4.27. The van der Waals surface area contributed by atoms with Crippen molar-refractivity contribution < 1.29 is 4.74 Å². The zero-order valence-electron chi connectivity index (χ0n) is 8.79. The fourth-order valence-electron chi connectivity index (χ4n) is 1.98. The van der Waals surface area contributed by atoms with Crippen molar-refractivity contribution >= 4 is 0 Å². The fraction of sp³-hybridized carbons (Fsp3) is 0.500. The lowest BCUT2D eigenvalue weighted by Gasteiger charge is -2.38. The van der Waals surface area contributed by atoms with E-state index in [0.717, 1.165) is 24.2 Å². The molecule has 76 valence electrons. The van der Waals surface area contributed by atoms with E-state index in [9.17, 15) is 0 Å². The Hall–Kier alpha value is -1.02. The van der Waals surface area contributed by atoms with Gasteiger partial charge in [-0.1, -0.05) is 25.1 Å². The minimum absolute atomic E-state index is 0.0895. The number of para-hydroxylation sites is 1. The zero-order chi connectivity index (χ0) is 10.2. The normalized spacial score (nSPS) is 30.6. The molecule has 2 nitrogen and oxygen atoms in total. The van der Waals surface area contributed by atoms with Gasteiger partial charge in [-0.15, -0.1) is 0 Å². The maximum Gasteiger partial charge on any atom is 0.124 e. The van der Waals surface area contributed by atoms with Crippen molar-refractivity contribution in [2.24, 2.45) is 5.73 Å². The predicted octanol–water partition coefficient (Wildman–Crippen LogP) is 2.64. The molecule has 0 spiro atoms. The van der Waals surface area contributed by atoms with Gasteiger partial charge in [0.25, 0.3) is 0 Å². The molecule has 1 aromatic carbocycles. The van der Waals surface area contributed by atoms with Gasteiger partial charge in [0.15, 0.2) is 0 Å².